The van der Waals surface area contributed by atoms with E-state index in [9.17, 15) is 4.79 Å². The highest BCUT2D eigenvalue weighted by Crippen LogP contribution is 2.41. The molecule has 4 rings (SSSR count). The number of carbonyl (C=O) groups excluding carboxylic acids is 1. The van der Waals surface area contributed by atoms with Gasteiger partial charge in [0.25, 0.3) is 0 Å². The molecule has 3 aromatic heterocycles. The van der Waals surface area contributed by atoms with Crippen LogP contribution in [-0.4, -0.2) is 35.9 Å². The first-order valence-electron chi connectivity index (χ1n) is 8.56. The molecule has 0 spiro atoms. The Hall–Kier alpha value is -2.45. The minimum absolute atomic E-state index is 0.150. The topological polar surface area (TPSA) is 85.6 Å². The number of thioether (sulfide) groups is 1. The summed E-state index contributed by atoms with van der Waals surface area (Å²) in [6, 6.07) is 7.58. The van der Waals surface area contributed by atoms with Gasteiger partial charge in [-0.3, -0.25) is 14.3 Å². The van der Waals surface area contributed by atoms with Crippen LogP contribution < -0.4 is 5.32 Å². The Balaban J connectivity index is 1.51. The maximum Gasteiger partial charge on any atom is 0.238 e. The van der Waals surface area contributed by atoms with Crippen molar-refractivity contribution in [1.82, 2.24) is 24.7 Å². The summed E-state index contributed by atoms with van der Waals surface area (Å²) in [5.41, 5.74) is 0.922. The van der Waals surface area contributed by atoms with Crippen LogP contribution in [-0.2, 0) is 4.79 Å². The minimum Gasteiger partial charge on any atom is -0.310 e. The van der Waals surface area contributed by atoms with Gasteiger partial charge >= 0.3 is 0 Å². The standard InChI is InChI=1S/C18H17ClN6OS/c1-11(17(26)22-15-7-4-13(19)10-21-15)27-18-24-23-16(25(18)14-5-6-14)12-3-2-8-20-9-12/h2-4,7-11,14H,5-6H2,1H3,(H,21,22,26)/t11-/m1/s1. The summed E-state index contributed by atoms with van der Waals surface area (Å²) in [6.07, 6.45) is 7.19. The molecular weight excluding hydrogens is 384 g/mol. The Kier molecular flexibility index (Phi) is 5.09. The summed E-state index contributed by atoms with van der Waals surface area (Å²) in [4.78, 5) is 20.8. The van der Waals surface area contributed by atoms with Crippen molar-refractivity contribution in [1.29, 1.82) is 0 Å². The molecule has 1 N–H and O–H groups in total. The van der Waals surface area contributed by atoms with Crippen LogP contribution in [0, 0.1) is 0 Å². The van der Waals surface area contributed by atoms with E-state index in [4.69, 9.17) is 11.6 Å². The van der Waals surface area contributed by atoms with Crippen LogP contribution in [0.1, 0.15) is 25.8 Å². The van der Waals surface area contributed by atoms with Gasteiger partial charge in [0.15, 0.2) is 11.0 Å². The highest BCUT2D eigenvalue weighted by molar-refractivity contribution is 8.00. The van der Waals surface area contributed by atoms with Crippen LogP contribution in [0.5, 0.6) is 0 Å². The van der Waals surface area contributed by atoms with E-state index < -0.39 is 0 Å². The van der Waals surface area contributed by atoms with Crippen molar-refractivity contribution in [3.63, 3.8) is 0 Å². The molecule has 0 saturated heterocycles. The molecule has 1 aliphatic carbocycles. The SMILES string of the molecule is C[C@@H](Sc1nnc(-c2cccnc2)n1C1CC1)C(=O)Nc1ccc(Cl)cn1. The molecule has 0 radical (unpaired) electrons. The number of carbonyl (C=O) groups is 1. The molecular formula is C18H17ClN6OS. The molecule has 1 atom stereocenters. The van der Waals surface area contributed by atoms with Crippen molar-refractivity contribution in [2.24, 2.45) is 0 Å². The third-order valence-electron chi connectivity index (χ3n) is 4.13. The number of pyridine rings is 2. The van der Waals surface area contributed by atoms with E-state index in [0.717, 1.165) is 29.4 Å². The maximum absolute atomic E-state index is 12.5. The number of aromatic nitrogens is 5. The average molecular weight is 401 g/mol. The smallest absolute Gasteiger partial charge is 0.238 e. The van der Waals surface area contributed by atoms with Crippen LogP contribution >= 0.6 is 23.4 Å². The predicted molar refractivity (Wildman–Crippen MR) is 105 cm³/mol. The number of nitrogens with zero attached hydrogens (tertiary/aromatic N) is 5. The zero-order valence-electron chi connectivity index (χ0n) is 14.5. The van der Waals surface area contributed by atoms with Crippen LogP contribution in [0.2, 0.25) is 5.02 Å². The van der Waals surface area contributed by atoms with Gasteiger partial charge in [-0.1, -0.05) is 23.4 Å². The Morgan fingerprint density at radius 2 is 2.15 bits per heavy atom. The number of amides is 1. The third kappa shape index (κ3) is 4.12. The molecule has 1 fully saturated rings. The van der Waals surface area contributed by atoms with Gasteiger partial charge in [-0.25, -0.2) is 4.98 Å². The van der Waals surface area contributed by atoms with Crippen molar-refractivity contribution < 1.29 is 4.79 Å². The van der Waals surface area contributed by atoms with Crippen LogP contribution in [0.4, 0.5) is 5.82 Å². The number of rotatable bonds is 6. The summed E-state index contributed by atoms with van der Waals surface area (Å²) in [5.74, 6) is 1.11. The molecule has 3 aromatic rings. The van der Waals surface area contributed by atoms with E-state index in [1.807, 2.05) is 19.1 Å². The van der Waals surface area contributed by atoms with Crippen molar-refractivity contribution >= 4 is 35.1 Å². The highest BCUT2D eigenvalue weighted by atomic mass is 35.5. The lowest BCUT2D eigenvalue weighted by atomic mass is 10.3. The number of nitrogens with one attached hydrogen (secondary N) is 1. The quantitative estimate of drug-likeness (QED) is 0.632. The lowest BCUT2D eigenvalue weighted by Gasteiger charge is -2.13. The van der Waals surface area contributed by atoms with Crippen molar-refractivity contribution in [2.75, 3.05) is 5.32 Å². The third-order valence-corrected chi connectivity index (χ3v) is 5.41. The van der Waals surface area contributed by atoms with Gasteiger partial charge in [0, 0.05) is 30.2 Å². The fourth-order valence-electron chi connectivity index (χ4n) is 2.60. The molecule has 0 unspecified atom stereocenters. The molecule has 1 aliphatic rings. The van der Waals surface area contributed by atoms with Gasteiger partial charge in [0.2, 0.25) is 5.91 Å². The van der Waals surface area contributed by atoms with Gasteiger partial charge < -0.3 is 5.32 Å². The number of anilines is 1. The second-order valence-corrected chi connectivity index (χ2v) is 8.00. The number of hydrogen-bond acceptors (Lipinski definition) is 6. The molecule has 138 valence electrons. The summed E-state index contributed by atoms with van der Waals surface area (Å²) < 4.78 is 2.12. The van der Waals surface area contributed by atoms with Crippen LogP contribution in [0.25, 0.3) is 11.4 Å². The first-order chi connectivity index (χ1) is 13.1. The highest BCUT2D eigenvalue weighted by Gasteiger charge is 2.31. The average Bonchev–Trinajstić information content (AvgIpc) is 3.44. The Labute approximate surface area is 165 Å². The van der Waals surface area contributed by atoms with E-state index in [0.29, 0.717) is 16.9 Å². The molecule has 7 nitrogen and oxygen atoms in total. The van der Waals surface area contributed by atoms with Gasteiger partial charge in [-0.15, -0.1) is 10.2 Å². The van der Waals surface area contributed by atoms with Gasteiger partial charge in [-0.05, 0) is 44.0 Å². The van der Waals surface area contributed by atoms with Crippen molar-refractivity contribution in [3.8, 4) is 11.4 Å². The van der Waals surface area contributed by atoms with Gasteiger partial charge in [0.1, 0.15) is 5.82 Å². The lowest BCUT2D eigenvalue weighted by molar-refractivity contribution is -0.115. The Morgan fingerprint density at radius 3 is 2.81 bits per heavy atom. The van der Waals surface area contributed by atoms with E-state index in [1.165, 1.54) is 18.0 Å². The summed E-state index contributed by atoms with van der Waals surface area (Å²) in [7, 11) is 0. The molecule has 9 heteroatoms. The predicted octanol–water partition coefficient (Wildman–Crippen LogP) is 3.84. The van der Waals surface area contributed by atoms with E-state index in [1.54, 1.807) is 24.5 Å². The first-order valence-corrected chi connectivity index (χ1v) is 9.82. The van der Waals surface area contributed by atoms with Crippen LogP contribution in [0.15, 0.2) is 48.0 Å². The molecule has 27 heavy (non-hydrogen) atoms. The summed E-state index contributed by atoms with van der Waals surface area (Å²) in [6.45, 7) is 1.84. The van der Waals surface area contributed by atoms with Crippen molar-refractivity contribution in [3.05, 3.63) is 47.9 Å². The van der Waals surface area contributed by atoms with Gasteiger partial charge in [0.05, 0.1) is 10.3 Å². The van der Waals surface area contributed by atoms with Crippen LogP contribution in [0.3, 0.4) is 0 Å². The molecule has 0 aromatic carbocycles. The molecule has 1 amide bonds. The Bertz CT molecular complexity index is 942. The largest absolute Gasteiger partial charge is 0.310 e. The minimum atomic E-state index is -0.356. The first kappa shape index (κ1) is 17.9. The monoisotopic (exact) mass is 400 g/mol. The van der Waals surface area contributed by atoms with Crippen molar-refractivity contribution in [2.45, 2.75) is 36.2 Å². The number of halogens is 1. The van der Waals surface area contributed by atoms with E-state index in [2.05, 4.69) is 30.0 Å². The molecule has 0 bridgehead atoms. The Morgan fingerprint density at radius 1 is 1.30 bits per heavy atom. The molecule has 1 saturated carbocycles. The molecule has 0 aliphatic heterocycles. The second kappa shape index (κ2) is 7.66. The number of hydrogen-bond donors (Lipinski definition) is 1. The zero-order valence-corrected chi connectivity index (χ0v) is 16.1. The van der Waals surface area contributed by atoms with E-state index in [-0.39, 0.29) is 11.2 Å². The summed E-state index contributed by atoms with van der Waals surface area (Å²) >= 11 is 7.21. The van der Waals surface area contributed by atoms with Gasteiger partial charge in [-0.2, -0.15) is 0 Å². The zero-order chi connectivity index (χ0) is 18.8. The fourth-order valence-corrected chi connectivity index (χ4v) is 3.63. The van der Waals surface area contributed by atoms with E-state index >= 15 is 0 Å². The molecule has 3 heterocycles. The fraction of sp³-hybridized carbons (Fsp3) is 0.278. The maximum atomic E-state index is 12.5. The summed E-state index contributed by atoms with van der Waals surface area (Å²) in [5, 5.41) is 12.4. The second-order valence-electron chi connectivity index (χ2n) is 6.26. The normalized spacial score (nSPS) is 14.7. The lowest BCUT2D eigenvalue weighted by Crippen LogP contribution is -2.23.